The molecule has 0 aliphatic heterocycles. The summed E-state index contributed by atoms with van der Waals surface area (Å²) in [6, 6.07) is 3.25. The van der Waals surface area contributed by atoms with E-state index in [2.05, 4.69) is 5.16 Å². The molecule has 0 atom stereocenters. The van der Waals surface area contributed by atoms with Crippen LogP contribution in [0.5, 0.6) is 0 Å². The van der Waals surface area contributed by atoms with Gasteiger partial charge in [-0.1, -0.05) is 11.2 Å². The molecule has 1 aromatic rings. The van der Waals surface area contributed by atoms with E-state index in [-0.39, 0.29) is 24.7 Å². The van der Waals surface area contributed by atoms with Crippen LogP contribution in [0.3, 0.4) is 0 Å². The lowest BCUT2D eigenvalue weighted by Crippen LogP contribution is -2.36. The van der Waals surface area contributed by atoms with Crippen LogP contribution in [0.25, 0.3) is 0 Å². The van der Waals surface area contributed by atoms with Crippen molar-refractivity contribution in [3.05, 3.63) is 35.4 Å². The first kappa shape index (κ1) is 13.9. The topological polar surface area (TPSA) is 78.9 Å². The van der Waals surface area contributed by atoms with Crippen molar-refractivity contribution >= 4 is 11.7 Å². The molecule has 0 saturated carbocycles. The summed E-state index contributed by atoms with van der Waals surface area (Å²) in [6.45, 7) is -0.0426. The summed E-state index contributed by atoms with van der Waals surface area (Å²) in [7, 11) is 1.46. The molecule has 98 valence electrons. The molecule has 0 spiro atoms. The molecular formula is C11H13F2N3O2. The van der Waals surface area contributed by atoms with Gasteiger partial charge in [0.1, 0.15) is 0 Å². The van der Waals surface area contributed by atoms with Gasteiger partial charge in [-0.25, -0.2) is 8.78 Å². The molecule has 5 nitrogen and oxygen atoms in total. The normalized spacial score (nSPS) is 11.4. The molecule has 1 aromatic carbocycles. The summed E-state index contributed by atoms with van der Waals surface area (Å²) in [5.74, 6) is -2.43. The number of benzene rings is 1. The lowest BCUT2D eigenvalue weighted by molar-refractivity contribution is -0.128. The highest BCUT2D eigenvalue weighted by Gasteiger charge is 2.12. The third-order valence-electron chi connectivity index (χ3n) is 2.29. The monoisotopic (exact) mass is 257 g/mol. The smallest absolute Gasteiger partial charge is 0.227 e. The first-order valence-electron chi connectivity index (χ1n) is 5.08. The number of amidine groups is 1. The van der Waals surface area contributed by atoms with Gasteiger partial charge in [0.25, 0.3) is 0 Å². The summed E-state index contributed by atoms with van der Waals surface area (Å²) in [6.07, 6.45) is -0.0909. The van der Waals surface area contributed by atoms with E-state index in [1.54, 1.807) is 0 Å². The van der Waals surface area contributed by atoms with Crippen LogP contribution in [0.4, 0.5) is 8.78 Å². The Labute approximate surface area is 102 Å². The average molecular weight is 257 g/mol. The Hall–Kier alpha value is -2.18. The van der Waals surface area contributed by atoms with E-state index in [1.807, 2.05) is 0 Å². The molecule has 0 bridgehead atoms. The van der Waals surface area contributed by atoms with E-state index in [4.69, 9.17) is 10.9 Å². The van der Waals surface area contributed by atoms with Gasteiger partial charge in [0.05, 0.1) is 13.0 Å². The van der Waals surface area contributed by atoms with Crippen LogP contribution in [0, 0.1) is 11.6 Å². The van der Waals surface area contributed by atoms with Crippen molar-refractivity contribution < 1.29 is 18.8 Å². The van der Waals surface area contributed by atoms with Crippen molar-refractivity contribution in [2.24, 2.45) is 10.9 Å². The van der Waals surface area contributed by atoms with Crippen molar-refractivity contribution in [1.29, 1.82) is 0 Å². The standard InChI is InChI=1S/C11H13F2N3O2/c1-16(6-10(14)15-18)11(17)5-7-2-3-8(12)9(13)4-7/h2-4,18H,5-6H2,1H3,(H2,14,15). The molecule has 3 N–H and O–H groups in total. The second-order valence-electron chi connectivity index (χ2n) is 3.77. The molecular weight excluding hydrogens is 244 g/mol. The van der Waals surface area contributed by atoms with E-state index < -0.39 is 11.6 Å². The minimum Gasteiger partial charge on any atom is -0.409 e. The summed E-state index contributed by atoms with van der Waals surface area (Å²) < 4.78 is 25.6. The predicted octanol–water partition coefficient (Wildman–Crippen LogP) is 0.712. The van der Waals surface area contributed by atoms with Crippen LogP contribution in [-0.4, -0.2) is 35.4 Å². The van der Waals surface area contributed by atoms with E-state index in [9.17, 15) is 13.6 Å². The number of carbonyl (C=O) groups excluding carboxylic acids is 1. The Morgan fingerprint density at radius 1 is 1.44 bits per heavy atom. The molecule has 0 aliphatic carbocycles. The van der Waals surface area contributed by atoms with Gasteiger partial charge in [-0.05, 0) is 17.7 Å². The number of hydrogen-bond donors (Lipinski definition) is 2. The molecule has 1 rings (SSSR count). The molecule has 7 heteroatoms. The number of oxime groups is 1. The number of rotatable bonds is 4. The minimum atomic E-state index is -1.00. The van der Waals surface area contributed by atoms with E-state index >= 15 is 0 Å². The Balaban J connectivity index is 2.66. The largest absolute Gasteiger partial charge is 0.409 e. The second-order valence-corrected chi connectivity index (χ2v) is 3.77. The van der Waals surface area contributed by atoms with Crippen molar-refractivity contribution in [3.63, 3.8) is 0 Å². The number of amides is 1. The second kappa shape index (κ2) is 5.95. The Morgan fingerprint density at radius 2 is 2.11 bits per heavy atom. The first-order valence-corrected chi connectivity index (χ1v) is 5.08. The van der Waals surface area contributed by atoms with Gasteiger partial charge in [0.2, 0.25) is 5.91 Å². The van der Waals surface area contributed by atoms with Gasteiger partial charge in [-0.15, -0.1) is 0 Å². The maximum atomic E-state index is 12.9. The number of hydrogen-bond acceptors (Lipinski definition) is 3. The zero-order chi connectivity index (χ0) is 13.7. The number of carbonyl (C=O) groups is 1. The molecule has 0 heterocycles. The van der Waals surface area contributed by atoms with E-state index in [0.717, 1.165) is 12.1 Å². The van der Waals surface area contributed by atoms with Crippen LogP contribution in [0.1, 0.15) is 5.56 Å². The van der Waals surface area contributed by atoms with Gasteiger partial charge in [0, 0.05) is 7.05 Å². The van der Waals surface area contributed by atoms with Crippen molar-refractivity contribution in [2.45, 2.75) is 6.42 Å². The highest BCUT2D eigenvalue weighted by molar-refractivity contribution is 5.87. The molecule has 0 aliphatic rings. The number of nitrogens with two attached hydrogens (primary N) is 1. The van der Waals surface area contributed by atoms with E-state index in [0.29, 0.717) is 5.56 Å². The van der Waals surface area contributed by atoms with Crippen LogP contribution in [0.15, 0.2) is 23.4 Å². The Morgan fingerprint density at radius 3 is 2.67 bits per heavy atom. The number of likely N-dealkylation sites (N-methyl/N-ethyl adjacent to an activating group) is 1. The molecule has 1 amide bonds. The Kier molecular flexibility index (Phi) is 4.59. The van der Waals surface area contributed by atoms with Gasteiger partial charge < -0.3 is 15.8 Å². The predicted molar refractivity (Wildman–Crippen MR) is 61.1 cm³/mol. The quantitative estimate of drug-likeness (QED) is 0.361. The number of halogens is 2. The highest BCUT2D eigenvalue weighted by Crippen LogP contribution is 2.09. The summed E-state index contributed by atoms with van der Waals surface area (Å²) >= 11 is 0. The average Bonchev–Trinajstić information content (AvgIpc) is 2.33. The van der Waals surface area contributed by atoms with E-state index in [1.165, 1.54) is 18.0 Å². The SMILES string of the molecule is CN(CC(N)=NO)C(=O)Cc1ccc(F)c(F)c1. The van der Waals surface area contributed by atoms with Gasteiger partial charge in [0.15, 0.2) is 17.5 Å². The zero-order valence-electron chi connectivity index (χ0n) is 9.73. The highest BCUT2D eigenvalue weighted by atomic mass is 19.2. The zero-order valence-corrected chi connectivity index (χ0v) is 9.73. The molecule has 0 saturated heterocycles. The molecule has 0 fully saturated rings. The fraction of sp³-hybridized carbons (Fsp3) is 0.273. The van der Waals surface area contributed by atoms with Crippen molar-refractivity contribution in [3.8, 4) is 0 Å². The minimum absolute atomic E-state index is 0.0426. The fourth-order valence-electron chi connectivity index (χ4n) is 1.32. The summed E-state index contributed by atoms with van der Waals surface area (Å²) in [4.78, 5) is 12.9. The molecule has 18 heavy (non-hydrogen) atoms. The van der Waals surface area contributed by atoms with Crippen LogP contribution in [0.2, 0.25) is 0 Å². The van der Waals surface area contributed by atoms with Crippen LogP contribution < -0.4 is 5.73 Å². The molecule has 0 radical (unpaired) electrons. The van der Waals surface area contributed by atoms with Crippen molar-refractivity contribution in [2.75, 3.05) is 13.6 Å². The lowest BCUT2D eigenvalue weighted by atomic mass is 10.1. The molecule has 0 aromatic heterocycles. The maximum absolute atomic E-state index is 12.9. The van der Waals surface area contributed by atoms with Gasteiger partial charge in [-0.3, -0.25) is 4.79 Å². The van der Waals surface area contributed by atoms with Gasteiger partial charge in [-0.2, -0.15) is 0 Å². The lowest BCUT2D eigenvalue weighted by Gasteiger charge is -2.16. The maximum Gasteiger partial charge on any atom is 0.227 e. The summed E-state index contributed by atoms with van der Waals surface area (Å²) in [5, 5.41) is 11.1. The molecule has 0 unspecified atom stereocenters. The van der Waals surface area contributed by atoms with Gasteiger partial charge >= 0.3 is 0 Å². The van der Waals surface area contributed by atoms with Crippen LogP contribution in [-0.2, 0) is 11.2 Å². The first-order chi connectivity index (χ1) is 8.43. The number of nitrogens with zero attached hydrogens (tertiary/aromatic N) is 2. The third kappa shape index (κ3) is 3.69. The summed E-state index contributed by atoms with van der Waals surface area (Å²) in [5.41, 5.74) is 5.60. The van der Waals surface area contributed by atoms with Crippen molar-refractivity contribution in [1.82, 2.24) is 4.90 Å². The Bertz CT molecular complexity index is 477. The fourth-order valence-corrected chi connectivity index (χ4v) is 1.32. The van der Waals surface area contributed by atoms with Crippen LogP contribution >= 0.6 is 0 Å². The third-order valence-corrected chi connectivity index (χ3v) is 2.29.